The van der Waals surface area contributed by atoms with Gasteiger partial charge in [-0.05, 0) is 24.6 Å². The Kier molecular flexibility index (Phi) is 3.25. The van der Waals surface area contributed by atoms with Crippen molar-refractivity contribution in [2.45, 2.75) is 13.3 Å². The van der Waals surface area contributed by atoms with Gasteiger partial charge in [0.1, 0.15) is 16.5 Å². The van der Waals surface area contributed by atoms with Crippen LogP contribution in [0.2, 0.25) is 0 Å². The van der Waals surface area contributed by atoms with Gasteiger partial charge in [-0.15, -0.1) is 11.3 Å². The Morgan fingerprint density at radius 2 is 2.25 bits per heavy atom. The van der Waals surface area contributed by atoms with Crippen LogP contribution in [0.5, 0.6) is 0 Å². The molecule has 84 valence electrons. The molecular formula is C11H10BrFN2S. The van der Waals surface area contributed by atoms with Crippen LogP contribution in [0.4, 0.5) is 9.39 Å². The minimum absolute atomic E-state index is 0.288. The lowest BCUT2D eigenvalue weighted by atomic mass is 10.1. The second-order valence-corrected chi connectivity index (χ2v) is 5.27. The van der Waals surface area contributed by atoms with Gasteiger partial charge in [0.05, 0.1) is 5.01 Å². The number of aromatic nitrogens is 1. The Bertz CT molecular complexity index is 525. The summed E-state index contributed by atoms with van der Waals surface area (Å²) in [6, 6.07) is 4.50. The zero-order valence-electron chi connectivity index (χ0n) is 8.63. The van der Waals surface area contributed by atoms with Crippen molar-refractivity contribution in [1.29, 1.82) is 0 Å². The fourth-order valence-corrected chi connectivity index (χ4v) is 2.62. The number of benzene rings is 1. The van der Waals surface area contributed by atoms with Crippen molar-refractivity contribution in [2.24, 2.45) is 0 Å². The molecule has 0 saturated carbocycles. The van der Waals surface area contributed by atoms with E-state index in [1.807, 2.05) is 6.92 Å². The third-order valence-electron chi connectivity index (χ3n) is 2.18. The zero-order valence-corrected chi connectivity index (χ0v) is 11.0. The normalized spacial score (nSPS) is 10.7. The molecule has 0 atom stereocenters. The molecule has 0 aliphatic rings. The average Bonchev–Trinajstić information content (AvgIpc) is 2.63. The van der Waals surface area contributed by atoms with Crippen LogP contribution >= 0.6 is 27.3 Å². The van der Waals surface area contributed by atoms with Crippen molar-refractivity contribution in [1.82, 2.24) is 4.98 Å². The van der Waals surface area contributed by atoms with Crippen molar-refractivity contribution in [3.05, 3.63) is 33.5 Å². The average molecular weight is 301 g/mol. The Labute approximate surface area is 105 Å². The van der Waals surface area contributed by atoms with Gasteiger partial charge in [-0.25, -0.2) is 9.37 Å². The Morgan fingerprint density at radius 1 is 1.50 bits per heavy atom. The highest BCUT2D eigenvalue weighted by atomic mass is 79.9. The van der Waals surface area contributed by atoms with E-state index in [-0.39, 0.29) is 5.82 Å². The van der Waals surface area contributed by atoms with Crippen molar-refractivity contribution >= 4 is 32.3 Å². The summed E-state index contributed by atoms with van der Waals surface area (Å²) in [4.78, 5) is 4.40. The van der Waals surface area contributed by atoms with Crippen molar-refractivity contribution in [2.75, 3.05) is 5.73 Å². The van der Waals surface area contributed by atoms with Gasteiger partial charge in [-0.2, -0.15) is 0 Å². The number of nitrogen functional groups attached to an aromatic ring is 1. The van der Waals surface area contributed by atoms with Crippen LogP contribution in [0, 0.1) is 5.82 Å². The Balaban J connectivity index is 2.57. The van der Waals surface area contributed by atoms with Crippen LogP contribution in [0.15, 0.2) is 22.7 Å². The maximum absolute atomic E-state index is 13.2. The molecule has 16 heavy (non-hydrogen) atoms. The number of nitrogens with zero attached hydrogens (tertiary/aromatic N) is 1. The highest BCUT2D eigenvalue weighted by molar-refractivity contribution is 9.10. The van der Waals surface area contributed by atoms with Gasteiger partial charge in [0, 0.05) is 10.0 Å². The standard InChI is InChI=1S/C11H10BrFN2S/c1-2-9-15-10(11(14)16-9)7-5-6(13)3-4-8(7)12/h3-5H,2,14H2,1H3. The van der Waals surface area contributed by atoms with Gasteiger partial charge in [0.15, 0.2) is 0 Å². The molecule has 2 rings (SSSR count). The second-order valence-electron chi connectivity index (χ2n) is 3.30. The van der Waals surface area contributed by atoms with E-state index in [4.69, 9.17) is 5.73 Å². The summed E-state index contributed by atoms with van der Waals surface area (Å²) in [6.07, 6.45) is 0.835. The van der Waals surface area contributed by atoms with Gasteiger partial charge < -0.3 is 5.73 Å². The van der Waals surface area contributed by atoms with E-state index in [1.54, 1.807) is 6.07 Å². The molecule has 1 aromatic carbocycles. The number of hydrogen-bond donors (Lipinski definition) is 1. The van der Waals surface area contributed by atoms with Crippen molar-refractivity contribution < 1.29 is 4.39 Å². The third-order valence-corrected chi connectivity index (χ3v) is 3.90. The molecular weight excluding hydrogens is 291 g/mol. The molecule has 2 aromatic rings. The molecule has 1 heterocycles. The molecule has 0 bridgehead atoms. The number of aryl methyl sites for hydroxylation is 1. The fourth-order valence-electron chi connectivity index (χ4n) is 1.40. The van der Waals surface area contributed by atoms with Crippen molar-refractivity contribution in [3.63, 3.8) is 0 Å². The molecule has 0 fully saturated rings. The Hall–Kier alpha value is -0.940. The molecule has 0 unspecified atom stereocenters. The summed E-state index contributed by atoms with van der Waals surface area (Å²) < 4.78 is 14.0. The lowest BCUT2D eigenvalue weighted by molar-refractivity contribution is 0.628. The fraction of sp³-hybridized carbons (Fsp3) is 0.182. The molecule has 5 heteroatoms. The maximum atomic E-state index is 13.2. The predicted molar refractivity (Wildman–Crippen MR) is 69.0 cm³/mol. The third kappa shape index (κ3) is 2.10. The van der Waals surface area contributed by atoms with E-state index in [9.17, 15) is 4.39 Å². The number of anilines is 1. The largest absolute Gasteiger partial charge is 0.389 e. The summed E-state index contributed by atoms with van der Waals surface area (Å²) in [5.41, 5.74) is 7.24. The van der Waals surface area contributed by atoms with E-state index >= 15 is 0 Å². The van der Waals surface area contributed by atoms with E-state index < -0.39 is 0 Å². The Morgan fingerprint density at radius 3 is 2.88 bits per heavy atom. The minimum Gasteiger partial charge on any atom is -0.389 e. The number of thiazole rings is 1. The van der Waals surface area contributed by atoms with Gasteiger partial charge in [-0.1, -0.05) is 22.9 Å². The van der Waals surface area contributed by atoms with Gasteiger partial charge in [0.25, 0.3) is 0 Å². The van der Waals surface area contributed by atoms with Gasteiger partial charge in [-0.3, -0.25) is 0 Å². The van der Waals surface area contributed by atoms with Crippen LogP contribution in [-0.2, 0) is 6.42 Å². The number of halogens is 2. The SMILES string of the molecule is CCc1nc(-c2cc(F)ccc2Br)c(N)s1. The quantitative estimate of drug-likeness (QED) is 0.915. The second kappa shape index (κ2) is 4.51. The molecule has 0 radical (unpaired) electrons. The first kappa shape index (κ1) is 11.5. The summed E-state index contributed by atoms with van der Waals surface area (Å²) in [7, 11) is 0. The summed E-state index contributed by atoms with van der Waals surface area (Å²) in [6.45, 7) is 2.02. The highest BCUT2D eigenvalue weighted by Crippen LogP contribution is 2.35. The van der Waals surface area contributed by atoms with E-state index in [1.165, 1.54) is 23.5 Å². The van der Waals surface area contributed by atoms with Gasteiger partial charge >= 0.3 is 0 Å². The lowest BCUT2D eigenvalue weighted by Gasteiger charge is -2.02. The molecule has 0 aliphatic carbocycles. The van der Waals surface area contributed by atoms with E-state index in [0.29, 0.717) is 16.3 Å². The molecule has 0 aliphatic heterocycles. The highest BCUT2D eigenvalue weighted by Gasteiger charge is 2.13. The van der Waals surface area contributed by atoms with E-state index in [2.05, 4.69) is 20.9 Å². The minimum atomic E-state index is -0.288. The molecule has 1 aromatic heterocycles. The van der Waals surface area contributed by atoms with Crippen LogP contribution in [0.1, 0.15) is 11.9 Å². The zero-order chi connectivity index (χ0) is 11.7. The van der Waals surface area contributed by atoms with Crippen LogP contribution in [0.3, 0.4) is 0 Å². The maximum Gasteiger partial charge on any atom is 0.123 e. The first-order valence-electron chi connectivity index (χ1n) is 4.82. The first-order valence-corrected chi connectivity index (χ1v) is 6.43. The molecule has 2 nitrogen and oxygen atoms in total. The monoisotopic (exact) mass is 300 g/mol. The molecule has 0 spiro atoms. The smallest absolute Gasteiger partial charge is 0.123 e. The van der Waals surface area contributed by atoms with Gasteiger partial charge in [0.2, 0.25) is 0 Å². The molecule has 0 saturated heterocycles. The summed E-state index contributed by atoms with van der Waals surface area (Å²) >= 11 is 4.82. The number of hydrogen-bond acceptors (Lipinski definition) is 3. The topological polar surface area (TPSA) is 38.9 Å². The number of nitrogens with two attached hydrogens (primary N) is 1. The summed E-state index contributed by atoms with van der Waals surface area (Å²) in [5, 5.41) is 1.59. The molecule has 0 amide bonds. The van der Waals surface area contributed by atoms with Crippen molar-refractivity contribution in [3.8, 4) is 11.3 Å². The van der Waals surface area contributed by atoms with E-state index in [0.717, 1.165) is 15.9 Å². The van der Waals surface area contributed by atoms with Crippen LogP contribution < -0.4 is 5.73 Å². The van der Waals surface area contributed by atoms with Crippen LogP contribution in [-0.4, -0.2) is 4.98 Å². The first-order chi connectivity index (χ1) is 7.61. The lowest BCUT2D eigenvalue weighted by Crippen LogP contribution is -1.88. The van der Waals surface area contributed by atoms with Crippen LogP contribution in [0.25, 0.3) is 11.3 Å². The molecule has 2 N–H and O–H groups in total. The number of rotatable bonds is 2. The predicted octanol–water partition coefficient (Wildman–Crippen LogP) is 3.86. The summed E-state index contributed by atoms with van der Waals surface area (Å²) in [5.74, 6) is -0.288.